The fourth-order valence-electron chi connectivity index (χ4n) is 2.12. The first-order chi connectivity index (χ1) is 11.7. The number of benzene rings is 1. The molecule has 2 amide bonds. The van der Waals surface area contributed by atoms with Gasteiger partial charge in [0.2, 0.25) is 15.9 Å². The molecule has 3 N–H and O–H groups in total. The van der Waals surface area contributed by atoms with Crippen LogP contribution < -0.4 is 15.4 Å². The highest BCUT2D eigenvalue weighted by molar-refractivity contribution is 7.92. The largest absolute Gasteiger partial charge is 0.459 e. The fourth-order valence-corrected chi connectivity index (χ4v) is 2.67. The van der Waals surface area contributed by atoms with Gasteiger partial charge in [-0.3, -0.25) is 14.3 Å². The fraction of sp³-hybridized carbons (Fsp3) is 0.250. The van der Waals surface area contributed by atoms with Crippen LogP contribution in [0.2, 0.25) is 0 Å². The Balaban J connectivity index is 1.90. The first kappa shape index (κ1) is 18.5. The molecule has 0 aliphatic carbocycles. The summed E-state index contributed by atoms with van der Waals surface area (Å²) < 4.78 is 29.9. The van der Waals surface area contributed by atoms with E-state index < -0.39 is 15.9 Å². The lowest BCUT2D eigenvalue weighted by Gasteiger charge is -2.16. The Bertz CT molecular complexity index is 846. The average molecular weight is 365 g/mol. The second kappa shape index (κ2) is 7.84. The van der Waals surface area contributed by atoms with Crippen molar-refractivity contribution in [1.82, 2.24) is 10.6 Å². The van der Waals surface area contributed by atoms with Gasteiger partial charge in [-0.25, -0.2) is 8.42 Å². The monoisotopic (exact) mass is 365 g/mol. The minimum absolute atomic E-state index is 0.125. The summed E-state index contributed by atoms with van der Waals surface area (Å²) in [5, 5.41) is 5.17. The first-order valence-corrected chi connectivity index (χ1v) is 9.32. The highest BCUT2D eigenvalue weighted by atomic mass is 32.2. The molecule has 1 aromatic heterocycles. The SMILES string of the molecule is CC(NC(=O)CNC(=O)c1ccco1)c1cccc(NS(C)(=O)=O)c1. The molecule has 2 rings (SSSR count). The molecular formula is C16H19N3O5S. The number of nitrogens with one attached hydrogen (secondary N) is 3. The van der Waals surface area contributed by atoms with E-state index in [9.17, 15) is 18.0 Å². The van der Waals surface area contributed by atoms with Gasteiger partial charge in [0.1, 0.15) is 0 Å². The first-order valence-electron chi connectivity index (χ1n) is 7.43. The van der Waals surface area contributed by atoms with Crippen LogP contribution in [0.25, 0.3) is 0 Å². The predicted molar refractivity (Wildman–Crippen MR) is 92.5 cm³/mol. The van der Waals surface area contributed by atoms with Crippen LogP contribution in [0.1, 0.15) is 29.1 Å². The summed E-state index contributed by atoms with van der Waals surface area (Å²) in [6.45, 7) is 1.55. The van der Waals surface area contributed by atoms with E-state index >= 15 is 0 Å². The molecule has 0 spiro atoms. The van der Waals surface area contributed by atoms with Crippen molar-refractivity contribution in [2.75, 3.05) is 17.5 Å². The van der Waals surface area contributed by atoms with Gasteiger partial charge < -0.3 is 15.1 Å². The molecule has 25 heavy (non-hydrogen) atoms. The van der Waals surface area contributed by atoms with E-state index in [2.05, 4.69) is 15.4 Å². The standard InChI is InChI=1S/C16H19N3O5S/c1-11(12-5-3-6-13(9-12)19-25(2,22)23)18-15(20)10-17-16(21)14-7-4-8-24-14/h3-9,11,19H,10H2,1-2H3,(H,17,21)(H,18,20). The van der Waals surface area contributed by atoms with Gasteiger partial charge in [-0.2, -0.15) is 0 Å². The summed E-state index contributed by atoms with van der Waals surface area (Å²) in [7, 11) is -3.38. The maximum absolute atomic E-state index is 11.9. The van der Waals surface area contributed by atoms with Crippen molar-refractivity contribution in [3.05, 3.63) is 54.0 Å². The number of hydrogen-bond donors (Lipinski definition) is 3. The molecule has 1 heterocycles. The van der Waals surface area contributed by atoms with Crippen LogP contribution in [-0.2, 0) is 14.8 Å². The van der Waals surface area contributed by atoms with Crippen molar-refractivity contribution in [1.29, 1.82) is 0 Å². The number of amides is 2. The third-order valence-corrected chi connectivity index (χ3v) is 3.83. The zero-order valence-corrected chi connectivity index (χ0v) is 14.6. The lowest BCUT2D eigenvalue weighted by atomic mass is 10.1. The molecule has 1 aromatic carbocycles. The molecular weight excluding hydrogens is 346 g/mol. The zero-order chi connectivity index (χ0) is 18.4. The Morgan fingerprint density at radius 3 is 2.60 bits per heavy atom. The second-order valence-corrected chi connectivity index (χ2v) is 7.20. The van der Waals surface area contributed by atoms with Crippen LogP contribution in [0, 0.1) is 0 Å². The summed E-state index contributed by atoms with van der Waals surface area (Å²) in [4.78, 5) is 23.6. The van der Waals surface area contributed by atoms with Crippen molar-refractivity contribution in [2.45, 2.75) is 13.0 Å². The van der Waals surface area contributed by atoms with Gasteiger partial charge in [-0.15, -0.1) is 0 Å². The Kier molecular flexibility index (Phi) is 5.81. The Hall–Kier alpha value is -2.81. The number of carbonyl (C=O) groups excluding carboxylic acids is 2. The van der Waals surface area contributed by atoms with E-state index in [1.807, 2.05) is 0 Å². The Morgan fingerprint density at radius 2 is 1.96 bits per heavy atom. The van der Waals surface area contributed by atoms with E-state index in [0.29, 0.717) is 5.69 Å². The van der Waals surface area contributed by atoms with Gasteiger partial charge in [-0.05, 0) is 36.8 Å². The average Bonchev–Trinajstić information content (AvgIpc) is 3.05. The van der Waals surface area contributed by atoms with Crippen LogP contribution in [0.5, 0.6) is 0 Å². The van der Waals surface area contributed by atoms with Gasteiger partial charge in [0.25, 0.3) is 5.91 Å². The van der Waals surface area contributed by atoms with E-state index in [-0.39, 0.29) is 24.3 Å². The van der Waals surface area contributed by atoms with Crippen molar-refractivity contribution in [3.8, 4) is 0 Å². The topological polar surface area (TPSA) is 118 Å². The van der Waals surface area contributed by atoms with Crippen LogP contribution in [0.3, 0.4) is 0 Å². The van der Waals surface area contributed by atoms with Gasteiger partial charge in [-0.1, -0.05) is 12.1 Å². The number of anilines is 1. The summed E-state index contributed by atoms with van der Waals surface area (Å²) >= 11 is 0. The molecule has 1 unspecified atom stereocenters. The number of hydrogen-bond acceptors (Lipinski definition) is 5. The summed E-state index contributed by atoms with van der Waals surface area (Å²) in [5.41, 5.74) is 1.13. The highest BCUT2D eigenvalue weighted by Crippen LogP contribution is 2.18. The molecule has 1 atom stereocenters. The van der Waals surface area contributed by atoms with Gasteiger partial charge >= 0.3 is 0 Å². The molecule has 0 bridgehead atoms. The maximum atomic E-state index is 11.9. The number of rotatable bonds is 7. The van der Waals surface area contributed by atoms with Crippen molar-refractivity contribution in [3.63, 3.8) is 0 Å². The quantitative estimate of drug-likeness (QED) is 0.683. The highest BCUT2D eigenvalue weighted by Gasteiger charge is 2.13. The third kappa shape index (κ3) is 5.96. The summed E-state index contributed by atoms with van der Waals surface area (Å²) in [6.07, 6.45) is 2.43. The number of furan rings is 1. The van der Waals surface area contributed by atoms with Crippen molar-refractivity contribution in [2.24, 2.45) is 0 Å². The molecule has 2 aromatic rings. The minimum atomic E-state index is -3.38. The van der Waals surface area contributed by atoms with Crippen LogP contribution in [0.15, 0.2) is 47.1 Å². The normalized spacial score (nSPS) is 12.2. The third-order valence-electron chi connectivity index (χ3n) is 3.22. The molecule has 9 heteroatoms. The van der Waals surface area contributed by atoms with E-state index in [0.717, 1.165) is 11.8 Å². The van der Waals surface area contributed by atoms with E-state index in [4.69, 9.17) is 4.42 Å². The number of carbonyl (C=O) groups is 2. The Labute approximate surface area is 145 Å². The van der Waals surface area contributed by atoms with Gasteiger partial charge in [0.05, 0.1) is 25.1 Å². The van der Waals surface area contributed by atoms with Gasteiger partial charge in [0, 0.05) is 5.69 Å². The molecule has 0 fully saturated rings. The second-order valence-electron chi connectivity index (χ2n) is 5.45. The molecule has 134 valence electrons. The molecule has 8 nitrogen and oxygen atoms in total. The van der Waals surface area contributed by atoms with Crippen molar-refractivity contribution < 1.29 is 22.4 Å². The van der Waals surface area contributed by atoms with E-state index in [1.165, 1.54) is 12.3 Å². The van der Waals surface area contributed by atoms with Crippen LogP contribution in [0.4, 0.5) is 5.69 Å². The smallest absolute Gasteiger partial charge is 0.287 e. The van der Waals surface area contributed by atoms with E-state index in [1.54, 1.807) is 37.3 Å². The predicted octanol–water partition coefficient (Wildman–Crippen LogP) is 1.26. The maximum Gasteiger partial charge on any atom is 0.287 e. The zero-order valence-electron chi connectivity index (χ0n) is 13.8. The molecule has 0 radical (unpaired) electrons. The lowest BCUT2D eigenvalue weighted by molar-refractivity contribution is -0.120. The molecule has 0 saturated carbocycles. The van der Waals surface area contributed by atoms with Crippen molar-refractivity contribution >= 4 is 27.5 Å². The van der Waals surface area contributed by atoms with Crippen LogP contribution >= 0.6 is 0 Å². The molecule has 0 aliphatic heterocycles. The summed E-state index contributed by atoms with van der Waals surface area (Å²) in [6, 6.07) is 9.40. The molecule has 0 saturated heterocycles. The lowest BCUT2D eigenvalue weighted by Crippen LogP contribution is -2.37. The summed E-state index contributed by atoms with van der Waals surface area (Å²) in [5.74, 6) is -0.735. The minimum Gasteiger partial charge on any atom is -0.459 e. The Morgan fingerprint density at radius 1 is 1.20 bits per heavy atom. The number of sulfonamides is 1. The van der Waals surface area contributed by atoms with Gasteiger partial charge in [0.15, 0.2) is 5.76 Å². The molecule has 0 aliphatic rings. The van der Waals surface area contributed by atoms with Crippen LogP contribution in [-0.4, -0.2) is 33.0 Å².